The van der Waals surface area contributed by atoms with Crippen LogP contribution in [0.5, 0.6) is 0 Å². The van der Waals surface area contributed by atoms with E-state index in [1.54, 1.807) is 24.3 Å². The second kappa shape index (κ2) is 10.5. The number of amides is 1. The number of benzene rings is 1. The Kier molecular flexibility index (Phi) is 8.21. The monoisotopic (exact) mass is 541 g/mol. The number of hydrogen-bond donors (Lipinski definition) is 1. The van der Waals surface area contributed by atoms with Gasteiger partial charge in [-0.05, 0) is 75.6 Å². The Morgan fingerprint density at radius 2 is 1.80 bits per heavy atom. The van der Waals surface area contributed by atoms with Crippen molar-refractivity contribution in [2.75, 3.05) is 32.8 Å². The Morgan fingerprint density at radius 3 is 2.34 bits per heavy atom. The van der Waals surface area contributed by atoms with Gasteiger partial charge in [-0.1, -0.05) is 24.9 Å². The third kappa shape index (κ3) is 5.58. The largest absolute Gasteiger partial charge is 0.394 e. The normalized spacial score (nSPS) is 27.4. The predicted molar refractivity (Wildman–Crippen MR) is 144 cm³/mol. The van der Waals surface area contributed by atoms with Crippen LogP contribution in [0.2, 0.25) is 5.02 Å². The molecule has 1 aromatic carbocycles. The number of carbonyl (C=O) groups is 1. The highest BCUT2D eigenvalue weighted by atomic mass is 35.5. The molecule has 2 aliphatic heterocycles. The summed E-state index contributed by atoms with van der Waals surface area (Å²) in [6, 6.07) is 7.34. The number of hydrogen-bond acceptors (Lipinski definition) is 5. The van der Waals surface area contributed by atoms with Crippen LogP contribution >= 0.6 is 11.6 Å². The molecule has 1 aromatic rings. The SMILES string of the molecule is CC[C@@H]1CCC[C@H](C2(CC(=O)N3CCN(C(C)(C)CO)CC3)CC2)N1S(=O)(=S)c1ccc(Cl)cc1. The number of piperazine rings is 1. The van der Waals surface area contributed by atoms with Gasteiger partial charge in [0.05, 0.1) is 11.5 Å². The van der Waals surface area contributed by atoms with Gasteiger partial charge >= 0.3 is 0 Å². The maximum absolute atomic E-state index is 14.2. The number of piperidine rings is 1. The predicted octanol–water partition coefficient (Wildman–Crippen LogP) is 4.08. The quantitative estimate of drug-likeness (QED) is 0.537. The average Bonchev–Trinajstić information content (AvgIpc) is 3.64. The smallest absolute Gasteiger partial charge is 0.223 e. The Morgan fingerprint density at radius 1 is 1.17 bits per heavy atom. The van der Waals surface area contributed by atoms with Gasteiger partial charge in [-0.25, -0.2) is 8.51 Å². The van der Waals surface area contributed by atoms with Crippen molar-refractivity contribution in [1.82, 2.24) is 14.1 Å². The summed E-state index contributed by atoms with van der Waals surface area (Å²) in [6.07, 6.45) is 6.36. The number of aliphatic hydroxyl groups is 1. The third-order valence-corrected chi connectivity index (χ3v) is 11.8. The molecule has 196 valence electrons. The fraction of sp³-hybridized carbons (Fsp3) is 0.731. The standard InChI is InChI=1S/C26H40ClN3O3S2/c1-4-21-6-5-7-23(30(21)35(33,34)22-10-8-20(27)9-11-22)26(12-13-26)18-24(32)28-14-16-29(17-15-28)25(2,3)19-31/h8-11,21,23,31H,4-7,12-19H2,1-3H3/t21-,23-,35?/m1/s1. The van der Waals surface area contributed by atoms with Crippen molar-refractivity contribution in [3.63, 3.8) is 0 Å². The molecule has 2 saturated heterocycles. The summed E-state index contributed by atoms with van der Waals surface area (Å²) in [5, 5.41) is 10.3. The van der Waals surface area contributed by atoms with Crippen molar-refractivity contribution in [1.29, 1.82) is 0 Å². The van der Waals surface area contributed by atoms with Gasteiger partial charge < -0.3 is 10.0 Å². The van der Waals surface area contributed by atoms with E-state index >= 15 is 0 Å². The van der Waals surface area contributed by atoms with Crippen LogP contribution in [-0.2, 0) is 24.7 Å². The van der Waals surface area contributed by atoms with Gasteiger partial charge in [-0.2, -0.15) is 0 Å². The van der Waals surface area contributed by atoms with Gasteiger partial charge in [0.25, 0.3) is 0 Å². The fourth-order valence-electron chi connectivity index (χ4n) is 5.97. The molecule has 1 aliphatic carbocycles. The first-order valence-corrected chi connectivity index (χ1v) is 15.8. The van der Waals surface area contributed by atoms with Crippen molar-refractivity contribution in [2.45, 2.75) is 88.2 Å². The number of aliphatic hydroxyl groups excluding tert-OH is 1. The van der Waals surface area contributed by atoms with E-state index in [9.17, 15) is 14.1 Å². The third-order valence-electron chi connectivity index (χ3n) is 8.52. The molecular formula is C26H40ClN3O3S2. The first-order valence-electron chi connectivity index (χ1n) is 13.0. The molecular weight excluding hydrogens is 502 g/mol. The van der Waals surface area contributed by atoms with E-state index in [4.69, 9.17) is 22.8 Å². The van der Waals surface area contributed by atoms with Crippen LogP contribution in [0.25, 0.3) is 0 Å². The Bertz CT molecular complexity index is 1000. The molecule has 3 aliphatic rings. The van der Waals surface area contributed by atoms with Gasteiger partial charge in [0.1, 0.15) is 8.68 Å². The molecule has 1 unspecified atom stereocenters. The van der Waals surface area contributed by atoms with E-state index < -0.39 is 8.68 Å². The summed E-state index contributed by atoms with van der Waals surface area (Å²) in [5.41, 5.74) is -0.406. The van der Waals surface area contributed by atoms with Crippen LogP contribution in [0, 0.1) is 5.41 Å². The lowest BCUT2D eigenvalue weighted by atomic mass is 9.83. The Balaban J connectivity index is 1.51. The van der Waals surface area contributed by atoms with E-state index in [0.717, 1.165) is 51.6 Å². The summed E-state index contributed by atoms with van der Waals surface area (Å²) in [5.74, 6) is 0.199. The van der Waals surface area contributed by atoms with Crippen molar-refractivity contribution in [3.05, 3.63) is 29.3 Å². The molecule has 6 nitrogen and oxygen atoms in total. The lowest BCUT2D eigenvalue weighted by Gasteiger charge is -2.47. The highest BCUT2D eigenvalue weighted by Crippen LogP contribution is 2.57. The molecule has 3 fully saturated rings. The number of rotatable bonds is 8. The summed E-state index contributed by atoms with van der Waals surface area (Å²) in [6.45, 7) is 9.25. The zero-order chi connectivity index (χ0) is 25.4. The van der Waals surface area contributed by atoms with Crippen LogP contribution in [0.3, 0.4) is 0 Å². The maximum atomic E-state index is 14.2. The Hall–Kier alpha value is -0.770. The van der Waals surface area contributed by atoms with Gasteiger partial charge in [0.2, 0.25) is 5.91 Å². The second-order valence-electron chi connectivity index (χ2n) is 11.2. The first-order chi connectivity index (χ1) is 16.5. The minimum Gasteiger partial charge on any atom is -0.394 e. The molecule has 1 N–H and O–H groups in total. The summed E-state index contributed by atoms with van der Waals surface area (Å²) < 4.78 is 16.4. The molecule has 35 heavy (non-hydrogen) atoms. The molecule has 3 atom stereocenters. The first kappa shape index (κ1) is 27.3. The number of carbonyl (C=O) groups excluding carboxylic acids is 1. The molecule has 4 rings (SSSR count). The second-order valence-corrected chi connectivity index (χ2v) is 14.8. The van der Waals surface area contributed by atoms with Crippen LogP contribution in [-0.4, -0.2) is 79.7 Å². The van der Waals surface area contributed by atoms with Gasteiger partial charge in [0.15, 0.2) is 0 Å². The van der Waals surface area contributed by atoms with Gasteiger partial charge in [-0.15, -0.1) is 0 Å². The van der Waals surface area contributed by atoms with Crippen molar-refractivity contribution < 1.29 is 14.1 Å². The van der Waals surface area contributed by atoms with E-state index in [-0.39, 0.29) is 35.6 Å². The highest BCUT2D eigenvalue weighted by Gasteiger charge is 2.56. The number of halogens is 1. The van der Waals surface area contributed by atoms with Gasteiger partial charge in [-0.3, -0.25) is 9.69 Å². The lowest BCUT2D eigenvalue weighted by molar-refractivity contribution is -0.136. The van der Waals surface area contributed by atoms with Crippen molar-refractivity contribution >= 4 is 37.4 Å². The summed E-state index contributed by atoms with van der Waals surface area (Å²) >= 11 is 12.0. The van der Waals surface area contributed by atoms with E-state index in [1.165, 1.54) is 0 Å². The van der Waals surface area contributed by atoms with Crippen LogP contribution in [0.4, 0.5) is 0 Å². The van der Waals surface area contributed by atoms with E-state index in [1.807, 2.05) is 18.7 Å². The summed E-state index contributed by atoms with van der Waals surface area (Å²) in [7, 11) is -2.87. The van der Waals surface area contributed by atoms with E-state index in [0.29, 0.717) is 29.4 Å². The molecule has 9 heteroatoms. The minimum absolute atomic E-state index is 0.0560. The lowest BCUT2D eigenvalue weighted by Crippen LogP contribution is -2.58. The molecule has 1 amide bonds. The number of nitrogens with zero attached hydrogens (tertiary/aromatic N) is 3. The highest BCUT2D eigenvalue weighted by molar-refractivity contribution is 8.31. The zero-order valence-electron chi connectivity index (χ0n) is 21.2. The van der Waals surface area contributed by atoms with Crippen molar-refractivity contribution in [3.8, 4) is 0 Å². The minimum atomic E-state index is -2.87. The van der Waals surface area contributed by atoms with Crippen molar-refractivity contribution in [2.24, 2.45) is 5.41 Å². The van der Waals surface area contributed by atoms with E-state index in [2.05, 4.69) is 16.1 Å². The van der Waals surface area contributed by atoms with Crippen LogP contribution in [0.15, 0.2) is 29.2 Å². The molecule has 0 aromatic heterocycles. The molecule has 0 spiro atoms. The zero-order valence-corrected chi connectivity index (χ0v) is 23.6. The molecule has 0 radical (unpaired) electrons. The average molecular weight is 542 g/mol. The molecule has 0 bridgehead atoms. The Labute approximate surface area is 220 Å². The van der Waals surface area contributed by atoms with Crippen LogP contribution in [0.1, 0.15) is 65.7 Å². The van der Waals surface area contributed by atoms with Gasteiger partial charge in [0, 0.05) is 66.4 Å². The maximum Gasteiger partial charge on any atom is 0.223 e. The van der Waals surface area contributed by atoms with Crippen LogP contribution < -0.4 is 0 Å². The summed E-state index contributed by atoms with van der Waals surface area (Å²) in [4.78, 5) is 18.4. The molecule has 1 saturated carbocycles. The topological polar surface area (TPSA) is 64.1 Å². The molecule has 2 heterocycles. The fourth-order valence-corrected chi connectivity index (χ4v) is 9.14.